The molecule has 0 aliphatic carbocycles. The van der Waals surface area contributed by atoms with Crippen LogP contribution in [0.4, 0.5) is 0 Å². The SMILES string of the molecule is CC(Cc1ccco1)NC1CC(C)(C)NC(C)(C)C1. The van der Waals surface area contributed by atoms with E-state index in [9.17, 15) is 0 Å². The van der Waals surface area contributed by atoms with E-state index in [-0.39, 0.29) is 11.1 Å². The molecule has 2 heterocycles. The number of furan rings is 1. The summed E-state index contributed by atoms with van der Waals surface area (Å²) >= 11 is 0. The molecule has 3 nitrogen and oxygen atoms in total. The highest BCUT2D eigenvalue weighted by Gasteiger charge is 2.37. The number of hydrogen-bond donors (Lipinski definition) is 2. The second-order valence-corrected chi connectivity index (χ2v) is 7.35. The number of rotatable bonds is 4. The predicted molar refractivity (Wildman–Crippen MR) is 79.3 cm³/mol. The van der Waals surface area contributed by atoms with Gasteiger partial charge in [-0.1, -0.05) is 0 Å². The maximum atomic E-state index is 5.42. The van der Waals surface area contributed by atoms with Crippen LogP contribution in [0.3, 0.4) is 0 Å². The van der Waals surface area contributed by atoms with Gasteiger partial charge in [-0.15, -0.1) is 0 Å². The van der Waals surface area contributed by atoms with Crippen molar-refractivity contribution in [2.24, 2.45) is 0 Å². The van der Waals surface area contributed by atoms with Gasteiger partial charge in [-0.25, -0.2) is 0 Å². The average molecular weight is 264 g/mol. The molecule has 0 aromatic carbocycles. The Morgan fingerprint density at radius 2 is 1.95 bits per heavy atom. The fourth-order valence-corrected chi connectivity index (χ4v) is 3.63. The van der Waals surface area contributed by atoms with Crippen LogP contribution in [0, 0.1) is 0 Å². The highest BCUT2D eigenvalue weighted by atomic mass is 16.3. The van der Waals surface area contributed by atoms with Gasteiger partial charge in [-0.05, 0) is 59.6 Å². The second kappa shape index (κ2) is 5.29. The van der Waals surface area contributed by atoms with Crippen molar-refractivity contribution in [1.82, 2.24) is 10.6 Å². The van der Waals surface area contributed by atoms with Crippen molar-refractivity contribution < 1.29 is 4.42 Å². The summed E-state index contributed by atoms with van der Waals surface area (Å²) in [7, 11) is 0. The fraction of sp³-hybridized carbons (Fsp3) is 0.750. The quantitative estimate of drug-likeness (QED) is 0.877. The molecule has 1 aromatic rings. The van der Waals surface area contributed by atoms with Crippen LogP contribution in [0.1, 0.15) is 53.2 Å². The zero-order chi connectivity index (χ0) is 14.1. The highest BCUT2D eigenvalue weighted by Crippen LogP contribution is 2.28. The van der Waals surface area contributed by atoms with Gasteiger partial charge in [-0.2, -0.15) is 0 Å². The maximum Gasteiger partial charge on any atom is 0.105 e. The van der Waals surface area contributed by atoms with E-state index >= 15 is 0 Å². The molecule has 2 N–H and O–H groups in total. The van der Waals surface area contributed by atoms with Gasteiger partial charge in [0, 0.05) is 29.6 Å². The molecular weight excluding hydrogens is 236 g/mol. The third kappa shape index (κ3) is 4.36. The van der Waals surface area contributed by atoms with Gasteiger partial charge in [0.15, 0.2) is 0 Å². The molecule has 1 saturated heterocycles. The number of nitrogens with one attached hydrogen (secondary N) is 2. The molecule has 0 saturated carbocycles. The Morgan fingerprint density at radius 3 is 2.47 bits per heavy atom. The summed E-state index contributed by atoms with van der Waals surface area (Å²) in [4.78, 5) is 0. The topological polar surface area (TPSA) is 37.2 Å². The maximum absolute atomic E-state index is 5.42. The minimum atomic E-state index is 0.198. The van der Waals surface area contributed by atoms with Gasteiger partial charge < -0.3 is 15.1 Å². The van der Waals surface area contributed by atoms with Crippen LogP contribution in [-0.2, 0) is 6.42 Å². The Morgan fingerprint density at radius 1 is 1.32 bits per heavy atom. The molecule has 1 atom stereocenters. The van der Waals surface area contributed by atoms with Crippen molar-refractivity contribution in [3.63, 3.8) is 0 Å². The van der Waals surface area contributed by atoms with Gasteiger partial charge in [0.2, 0.25) is 0 Å². The van der Waals surface area contributed by atoms with Crippen LogP contribution >= 0.6 is 0 Å². The van der Waals surface area contributed by atoms with Crippen LogP contribution in [-0.4, -0.2) is 23.2 Å². The lowest BCUT2D eigenvalue weighted by atomic mass is 9.79. The molecule has 0 radical (unpaired) electrons. The van der Waals surface area contributed by atoms with E-state index in [1.54, 1.807) is 6.26 Å². The molecule has 1 aliphatic heterocycles. The fourth-order valence-electron chi connectivity index (χ4n) is 3.63. The van der Waals surface area contributed by atoms with E-state index in [1.165, 1.54) is 12.8 Å². The molecule has 19 heavy (non-hydrogen) atoms. The number of hydrogen-bond acceptors (Lipinski definition) is 3. The molecule has 1 unspecified atom stereocenters. The number of piperidine rings is 1. The minimum Gasteiger partial charge on any atom is -0.469 e. The summed E-state index contributed by atoms with van der Waals surface area (Å²) in [6, 6.07) is 5.02. The van der Waals surface area contributed by atoms with E-state index in [2.05, 4.69) is 51.3 Å². The third-order valence-electron chi connectivity index (χ3n) is 3.80. The first kappa shape index (κ1) is 14.6. The van der Waals surface area contributed by atoms with Crippen LogP contribution in [0.15, 0.2) is 22.8 Å². The van der Waals surface area contributed by atoms with E-state index < -0.39 is 0 Å². The molecule has 0 bridgehead atoms. The Labute approximate surface area is 117 Å². The summed E-state index contributed by atoms with van der Waals surface area (Å²) in [6.45, 7) is 11.4. The summed E-state index contributed by atoms with van der Waals surface area (Å²) in [5.74, 6) is 1.06. The summed E-state index contributed by atoms with van der Waals surface area (Å²) in [5.41, 5.74) is 0.396. The lowest BCUT2D eigenvalue weighted by Crippen LogP contribution is -2.62. The Balaban J connectivity index is 1.91. The van der Waals surface area contributed by atoms with Crippen LogP contribution in [0.5, 0.6) is 0 Å². The molecule has 1 aromatic heterocycles. The second-order valence-electron chi connectivity index (χ2n) is 7.35. The normalized spacial score (nSPS) is 24.3. The summed E-state index contributed by atoms with van der Waals surface area (Å²) in [6.07, 6.45) is 5.04. The molecule has 3 heteroatoms. The summed E-state index contributed by atoms with van der Waals surface area (Å²) in [5, 5.41) is 7.49. The predicted octanol–water partition coefficient (Wildman–Crippen LogP) is 3.11. The smallest absolute Gasteiger partial charge is 0.105 e. The molecule has 2 rings (SSSR count). The monoisotopic (exact) mass is 264 g/mol. The van der Waals surface area contributed by atoms with Crippen LogP contribution in [0.2, 0.25) is 0 Å². The van der Waals surface area contributed by atoms with Crippen molar-refractivity contribution >= 4 is 0 Å². The van der Waals surface area contributed by atoms with Gasteiger partial charge in [0.1, 0.15) is 5.76 Å². The van der Waals surface area contributed by atoms with Gasteiger partial charge in [-0.3, -0.25) is 0 Å². The van der Waals surface area contributed by atoms with Crippen molar-refractivity contribution in [3.8, 4) is 0 Å². The van der Waals surface area contributed by atoms with Crippen LogP contribution in [0.25, 0.3) is 0 Å². The van der Waals surface area contributed by atoms with Gasteiger partial charge >= 0.3 is 0 Å². The minimum absolute atomic E-state index is 0.198. The molecule has 1 aliphatic rings. The average Bonchev–Trinajstić information content (AvgIpc) is 2.63. The van der Waals surface area contributed by atoms with Crippen molar-refractivity contribution in [1.29, 1.82) is 0 Å². The first-order valence-electron chi connectivity index (χ1n) is 7.34. The Bertz CT molecular complexity index is 379. The first-order valence-corrected chi connectivity index (χ1v) is 7.34. The standard InChI is InChI=1S/C16H28N2O/c1-12(9-14-7-6-8-19-14)17-13-10-15(2,3)18-16(4,5)11-13/h6-8,12-13,17-18H,9-11H2,1-5H3. The molecule has 0 amide bonds. The zero-order valence-electron chi connectivity index (χ0n) is 12.9. The molecule has 1 fully saturated rings. The van der Waals surface area contributed by atoms with E-state index in [1.807, 2.05) is 6.07 Å². The largest absolute Gasteiger partial charge is 0.469 e. The molecule has 0 spiro atoms. The van der Waals surface area contributed by atoms with Crippen molar-refractivity contribution in [2.45, 2.75) is 77.0 Å². The van der Waals surface area contributed by atoms with Crippen LogP contribution < -0.4 is 10.6 Å². The van der Waals surface area contributed by atoms with Gasteiger partial charge in [0.25, 0.3) is 0 Å². The lowest BCUT2D eigenvalue weighted by Gasteiger charge is -2.47. The van der Waals surface area contributed by atoms with Gasteiger partial charge in [0.05, 0.1) is 6.26 Å². The Hall–Kier alpha value is -0.800. The van der Waals surface area contributed by atoms with E-state index in [0.717, 1.165) is 12.2 Å². The Kier molecular flexibility index (Phi) is 4.07. The molecule has 108 valence electrons. The zero-order valence-corrected chi connectivity index (χ0v) is 12.9. The first-order chi connectivity index (χ1) is 8.76. The van der Waals surface area contributed by atoms with E-state index in [4.69, 9.17) is 4.42 Å². The lowest BCUT2D eigenvalue weighted by molar-refractivity contribution is 0.140. The highest BCUT2D eigenvalue weighted by molar-refractivity contribution is 5.03. The van der Waals surface area contributed by atoms with Crippen molar-refractivity contribution in [3.05, 3.63) is 24.2 Å². The van der Waals surface area contributed by atoms with E-state index in [0.29, 0.717) is 12.1 Å². The summed E-state index contributed by atoms with van der Waals surface area (Å²) < 4.78 is 5.42. The third-order valence-corrected chi connectivity index (χ3v) is 3.80. The molecular formula is C16H28N2O. The van der Waals surface area contributed by atoms with Crippen molar-refractivity contribution in [2.75, 3.05) is 0 Å².